The molecular formula is C27H26N2O8. The number of phenolic OH excluding ortho intramolecular Hbond substituents is 1. The van der Waals surface area contributed by atoms with Gasteiger partial charge in [-0.2, -0.15) is 0 Å². The van der Waals surface area contributed by atoms with E-state index in [1.807, 2.05) is 6.92 Å². The van der Waals surface area contributed by atoms with Crippen molar-refractivity contribution in [1.82, 2.24) is 9.88 Å². The molecular weight excluding hydrogens is 480 g/mol. The van der Waals surface area contributed by atoms with Crippen molar-refractivity contribution in [3.8, 4) is 28.9 Å². The molecule has 37 heavy (non-hydrogen) atoms. The number of aromatic hydroxyl groups is 1. The van der Waals surface area contributed by atoms with Gasteiger partial charge in [-0.25, -0.2) is 4.98 Å². The molecule has 0 aliphatic carbocycles. The second kappa shape index (κ2) is 11.3. The van der Waals surface area contributed by atoms with Crippen molar-refractivity contribution >= 4 is 11.9 Å². The summed E-state index contributed by atoms with van der Waals surface area (Å²) in [4.78, 5) is 30.1. The molecule has 2 heterocycles. The van der Waals surface area contributed by atoms with Gasteiger partial charge in [0.05, 0.1) is 31.2 Å². The largest absolute Gasteiger partial charge is 0.508 e. The van der Waals surface area contributed by atoms with Crippen LogP contribution in [0.5, 0.6) is 17.2 Å². The van der Waals surface area contributed by atoms with E-state index in [-0.39, 0.29) is 23.6 Å². The molecule has 0 aliphatic rings. The second-order valence-corrected chi connectivity index (χ2v) is 8.18. The highest BCUT2D eigenvalue weighted by Crippen LogP contribution is 2.26. The fraction of sp³-hybridized carbons (Fsp3) is 0.222. The van der Waals surface area contributed by atoms with Gasteiger partial charge in [0.15, 0.2) is 5.76 Å². The molecule has 10 nitrogen and oxygen atoms in total. The normalized spacial score (nSPS) is 10.8. The maximum atomic E-state index is 13.1. The zero-order valence-electron chi connectivity index (χ0n) is 20.3. The molecule has 2 aromatic carbocycles. The van der Waals surface area contributed by atoms with Crippen LogP contribution in [-0.4, -0.2) is 52.2 Å². The Morgan fingerprint density at radius 1 is 1.11 bits per heavy atom. The number of carbonyl (C=O) groups excluding carboxylic acids is 1. The lowest BCUT2D eigenvalue weighted by atomic mass is 10.1. The average Bonchev–Trinajstić information content (AvgIpc) is 3.54. The number of nitrogens with zero attached hydrogens (tertiary/aromatic N) is 2. The van der Waals surface area contributed by atoms with Crippen molar-refractivity contribution in [2.24, 2.45) is 0 Å². The van der Waals surface area contributed by atoms with Crippen LogP contribution in [0.2, 0.25) is 0 Å². The van der Waals surface area contributed by atoms with Crippen molar-refractivity contribution in [2.45, 2.75) is 19.9 Å². The molecule has 0 spiro atoms. The summed E-state index contributed by atoms with van der Waals surface area (Å²) in [5.41, 5.74) is 1.55. The lowest BCUT2D eigenvalue weighted by Gasteiger charge is -2.22. The van der Waals surface area contributed by atoms with Crippen molar-refractivity contribution < 1.29 is 38.1 Å². The van der Waals surface area contributed by atoms with Crippen LogP contribution in [0.1, 0.15) is 27.4 Å². The van der Waals surface area contributed by atoms with Crippen LogP contribution < -0.4 is 9.47 Å². The summed E-state index contributed by atoms with van der Waals surface area (Å²) in [5.74, 6) is 0.658. The quantitative estimate of drug-likeness (QED) is 0.305. The number of hydrogen-bond donors (Lipinski definition) is 2. The molecule has 0 bridgehead atoms. The summed E-state index contributed by atoms with van der Waals surface area (Å²) in [5, 5.41) is 19.1. The Morgan fingerprint density at radius 3 is 2.57 bits per heavy atom. The van der Waals surface area contributed by atoms with E-state index in [0.29, 0.717) is 41.8 Å². The third-order valence-corrected chi connectivity index (χ3v) is 5.56. The third kappa shape index (κ3) is 6.29. The number of aliphatic carboxylic acids is 1. The van der Waals surface area contributed by atoms with Crippen molar-refractivity contribution in [3.05, 3.63) is 83.4 Å². The number of methoxy groups -OCH3 is 1. The van der Waals surface area contributed by atoms with Gasteiger partial charge in [-0.3, -0.25) is 9.59 Å². The maximum Gasteiger partial charge on any atom is 0.323 e. The molecule has 0 saturated heterocycles. The Labute approximate surface area is 212 Å². The fourth-order valence-corrected chi connectivity index (χ4v) is 3.74. The number of ether oxygens (including phenoxy) is 2. The van der Waals surface area contributed by atoms with Crippen LogP contribution >= 0.6 is 0 Å². The number of carboxylic acid groups (broad SMARTS) is 1. The molecule has 4 rings (SSSR count). The Bertz CT molecular complexity index is 1360. The Morgan fingerprint density at radius 2 is 1.89 bits per heavy atom. The molecule has 1 amide bonds. The molecule has 192 valence electrons. The van der Waals surface area contributed by atoms with Gasteiger partial charge in [0, 0.05) is 13.0 Å². The zero-order valence-corrected chi connectivity index (χ0v) is 20.3. The summed E-state index contributed by atoms with van der Waals surface area (Å²) in [6.07, 6.45) is 2.09. The van der Waals surface area contributed by atoms with Crippen LogP contribution in [0.3, 0.4) is 0 Å². The number of oxazole rings is 1. The van der Waals surface area contributed by atoms with Crippen LogP contribution in [0, 0.1) is 6.92 Å². The number of aromatic nitrogens is 1. The van der Waals surface area contributed by atoms with Crippen LogP contribution in [0.15, 0.2) is 69.7 Å². The second-order valence-electron chi connectivity index (χ2n) is 8.18. The van der Waals surface area contributed by atoms with Gasteiger partial charge in [-0.1, -0.05) is 12.1 Å². The zero-order chi connectivity index (χ0) is 26.4. The third-order valence-electron chi connectivity index (χ3n) is 5.56. The highest BCUT2D eigenvalue weighted by atomic mass is 16.5. The van der Waals surface area contributed by atoms with E-state index in [1.54, 1.807) is 42.7 Å². The minimum atomic E-state index is -1.16. The van der Waals surface area contributed by atoms with Crippen molar-refractivity contribution in [2.75, 3.05) is 20.3 Å². The van der Waals surface area contributed by atoms with Crippen LogP contribution in [0.4, 0.5) is 0 Å². The molecule has 0 atom stereocenters. The highest BCUT2D eigenvalue weighted by Gasteiger charge is 2.23. The molecule has 0 aliphatic heterocycles. The smallest absolute Gasteiger partial charge is 0.323 e. The van der Waals surface area contributed by atoms with E-state index < -0.39 is 18.4 Å². The predicted molar refractivity (Wildman–Crippen MR) is 132 cm³/mol. The Balaban J connectivity index is 1.38. The van der Waals surface area contributed by atoms with Crippen LogP contribution in [0.25, 0.3) is 11.7 Å². The van der Waals surface area contributed by atoms with Crippen molar-refractivity contribution in [3.63, 3.8) is 0 Å². The number of benzene rings is 2. The van der Waals surface area contributed by atoms with Crippen LogP contribution in [-0.2, 0) is 17.8 Å². The van der Waals surface area contributed by atoms with E-state index in [9.17, 15) is 19.8 Å². The predicted octanol–water partition coefficient (Wildman–Crippen LogP) is 4.31. The van der Waals surface area contributed by atoms with E-state index in [1.165, 1.54) is 30.2 Å². The number of amides is 1. The summed E-state index contributed by atoms with van der Waals surface area (Å²) in [7, 11) is 1.39. The molecule has 2 aromatic heterocycles. The monoisotopic (exact) mass is 506 g/mol. The van der Waals surface area contributed by atoms with Gasteiger partial charge in [-0.15, -0.1) is 0 Å². The molecule has 0 saturated carbocycles. The minimum Gasteiger partial charge on any atom is -0.508 e. The number of aryl methyl sites for hydroxylation is 1. The van der Waals surface area contributed by atoms with E-state index in [0.717, 1.165) is 5.69 Å². The number of furan rings is 1. The first-order valence-corrected chi connectivity index (χ1v) is 11.4. The van der Waals surface area contributed by atoms with Gasteiger partial charge < -0.3 is 33.4 Å². The number of carbonyl (C=O) groups is 2. The van der Waals surface area contributed by atoms with Crippen molar-refractivity contribution in [1.29, 1.82) is 0 Å². The number of carboxylic acids is 1. The standard InChI is InChI=1S/C27H26N2O8/c1-17-22(28-26(37-17)24-4-3-12-36-24)11-13-35-20-8-5-18(6-9-20)15-29(16-25(31)32)27(33)21-14-19(30)7-10-23(21)34-2/h3-10,12,14,30H,11,13,15-16H2,1-2H3,(H,31,32). The number of hydrogen-bond acceptors (Lipinski definition) is 8. The molecule has 0 radical (unpaired) electrons. The van der Waals surface area contributed by atoms with Gasteiger partial charge in [-0.05, 0) is 55.0 Å². The molecule has 2 N–H and O–H groups in total. The minimum absolute atomic E-state index is 0.0396. The maximum absolute atomic E-state index is 13.1. The first-order chi connectivity index (χ1) is 17.8. The summed E-state index contributed by atoms with van der Waals surface area (Å²) >= 11 is 0. The summed E-state index contributed by atoms with van der Waals surface area (Å²) in [6, 6.07) is 14.6. The fourth-order valence-electron chi connectivity index (χ4n) is 3.74. The molecule has 0 unspecified atom stereocenters. The average molecular weight is 507 g/mol. The lowest BCUT2D eigenvalue weighted by Crippen LogP contribution is -2.35. The first kappa shape index (κ1) is 25.4. The molecule has 0 fully saturated rings. The van der Waals surface area contributed by atoms with E-state index in [2.05, 4.69) is 4.98 Å². The molecule has 4 aromatic rings. The summed E-state index contributed by atoms with van der Waals surface area (Å²) < 4.78 is 22.0. The first-order valence-electron chi connectivity index (χ1n) is 11.4. The van der Waals surface area contributed by atoms with Gasteiger partial charge in [0.1, 0.15) is 29.6 Å². The van der Waals surface area contributed by atoms with Gasteiger partial charge in [0.2, 0.25) is 0 Å². The Kier molecular flexibility index (Phi) is 7.77. The molecule has 10 heteroatoms. The van der Waals surface area contributed by atoms with Gasteiger partial charge in [0.25, 0.3) is 11.8 Å². The van der Waals surface area contributed by atoms with E-state index in [4.69, 9.17) is 18.3 Å². The summed E-state index contributed by atoms with van der Waals surface area (Å²) in [6.45, 7) is 1.72. The SMILES string of the molecule is COc1ccc(O)cc1C(=O)N(CC(=O)O)Cc1ccc(OCCc2nc(-c3ccco3)oc2C)cc1. The van der Waals surface area contributed by atoms with Gasteiger partial charge >= 0.3 is 5.97 Å². The topological polar surface area (TPSA) is 135 Å². The Hall–Kier alpha value is -4.73. The number of phenols is 1. The highest BCUT2D eigenvalue weighted by molar-refractivity contribution is 5.98. The van der Waals surface area contributed by atoms with E-state index >= 15 is 0 Å². The number of rotatable bonds is 11. The lowest BCUT2D eigenvalue weighted by molar-refractivity contribution is -0.137.